The van der Waals surface area contributed by atoms with Crippen molar-refractivity contribution < 1.29 is 14.3 Å². The molecule has 1 N–H and O–H groups in total. The summed E-state index contributed by atoms with van der Waals surface area (Å²) < 4.78 is 10.6. The van der Waals surface area contributed by atoms with E-state index in [1.807, 2.05) is 24.3 Å². The van der Waals surface area contributed by atoms with E-state index in [1.165, 1.54) is 10.5 Å². The van der Waals surface area contributed by atoms with E-state index in [1.54, 1.807) is 17.8 Å². The Bertz CT molecular complexity index is 691. The summed E-state index contributed by atoms with van der Waals surface area (Å²) in [4.78, 5) is 13.6. The Morgan fingerprint density at radius 1 is 1.14 bits per heavy atom. The summed E-state index contributed by atoms with van der Waals surface area (Å²) in [7, 11) is 0. The van der Waals surface area contributed by atoms with Gasteiger partial charge in [-0.1, -0.05) is 18.2 Å². The summed E-state index contributed by atoms with van der Waals surface area (Å²) in [5.74, 6) is 1.42. The van der Waals surface area contributed by atoms with Crippen molar-refractivity contribution in [3.05, 3.63) is 48.0 Å². The minimum atomic E-state index is -0.0761. The lowest BCUT2D eigenvalue weighted by Crippen LogP contribution is -2.24. The van der Waals surface area contributed by atoms with E-state index in [4.69, 9.17) is 9.47 Å². The number of fused-ring (bicyclic) bond motifs is 2. The third-order valence-electron chi connectivity index (χ3n) is 3.58. The van der Waals surface area contributed by atoms with Crippen LogP contribution >= 0.6 is 11.8 Å². The second kappa shape index (κ2) is 5.00. The Labute approximate surface area is 126 Å². The number of carbonyl (C=O) groups is 1. The molecule has 0 saturated carbocycles. The first kappa shape index (κ1) is 12.6. The number of thioether (sulfide) groups is 1. The minimum absolute atomic E-state index is 0.0232. The first-order chi connectivity index (χ1) is 10.3. The zero-order valence-corrected chi connectivity index (χ0v) is 12.0. The average molecular weight is 299 g/mol. The molecule has 106 valence electrons. The molecule has 4 nitrogen and oxygen atoms in total. The Kier molecular flexibility index (Phi) is 3.00. The third kappa shape index (κ3) is 2.34. The van der Waals surface area contributed by atoms with E-state index < -0.39 is 0 Å². The van der Waals surface area contributed by atoms with Gasteiger partial charge in [-0.05, 0) is 30.2 Å². The molecule has 5 heteroatoms. The fourth-order valence-corrected chi connectivity index (χ4v) is 3.72. The lowest BCUT2D eigenvalue weighted by Gasteiger charge is -2.10. The van der Waals surface area contributed by atoms with Crippen LogP contribution in [0.2, 0.25) is 0 Å². The summed E-state index contributed by atoms with van der Waals surface area (Å²) in [6.07, 6.45) is 0.775. The summed E-state index contributed by atoms with van der Waals surface area (Å²) in [6.45, 7) is 0.237. The smallest absolute Gasteiger partial charge is 0.238 e. The van der Waals surface area contributed by atoms with Crippen molar-refractivity contribution in [3.8, 4) is 11.5 Å². The van der Waals surface area contributed by atoms with Crippen molar-refractivity contribution in [2.45, 2.75) is 16.6 Å². The lowest BCUT2D eigenvalue weighted by molar-refractivity contribution is -0.115. The van der Waals surface area contributed by atoms with E-state index in [0.717, 1.165) is 17.9 Å². The molecule has 1 amide bonds. The van der Waals surface area contributed by atoms with Crippen molar-refractivity contribution in [1.82, 2.24) is 0 Å². The second-order valence-corrected chi connectivity index (χ2v) is 6.22. The zero-order valence-electron chi connectivity index (χ0n) is 11.2. The van der Waals surface area contributed by atoms with Gasteiger partial charge in [0.1, 0.15) is 0 Å². The van der Waals surface area contributed by atoms with Gasteiger partial charge >= 0.3 is 0 Å². The van der Waals surface area contributed by atoms with Crippen LogP contribution in [0.3, 0.4) is 0 Å². The van der Waals surface area contributed by atoms with Gasteiger partial charge in [0.2, 0.25) is 12.7 Å². The van der Waals surface area contributed by atoms with Gasteiger partial charge in [-0.15, -0.1) is 11.8 Å². The molecule has 0 unspecified atom stereocenters. The molecule has 0 saturated heterocycles. The summed E-state index contributed by atoms with van der Waals surface area (Å²) in [5.41, 5.74) is 1.98. The number of carbonyl (C=O) groups excluding carboxylic acids is 1. The Morgan fingerprint density at radius 2 is 2.00 bits per heavy atom. The highest BCUT2D eigenvalue weighted by molar-refractivity contribution is 8.01. The second-order valence-electron chi connectivity index (χ2n) is 4.98. The molecule has 0 spiro atoms. The first-order valence-electron chi connectivity index (χ1n) is 6.75. The van der Waals surface area contributed by atoms with Gasteiger partial charge in [0.15, 0.2) is 11.5 Å². The van der Waals surface area contributed by atoms with Crippen LogP contribution in [0.1, 0.15) is 5.56 Å². The van der Waals surface area contributed by atoms with E-state index in [-0.39, 0.29) is 18.0 Å². The molecule has 2 heterocycles. The van der Waals surface area contributed by atoms with Gasteiger partial charge < -0.3 is 14.8 Å². The Balaban J connectivity index is 1.47. The van der Waals surface area contributed by atoms with Crippen molar-refractivity contribution >= 4 is 23.4 Å². The van der Waals surface area contributed by atoms with Crippen molar-refractivity contribution in [1.29, 1.82) is 0 Å². The van der Waals surface area contributed by atoms with Crippen molar-refractivity contribution in [3.63, 3.8) is 0 Å². The summed E-state index contributed by atoms with van der Waals surface area (Å²) >= 11 is 1.62. The van der Waals surface area contributed by atoms with E-state index in [2.05, 4.69) is 17.4 Å². The first-order valence-corrected chi connectivity index (χ1v) is 7.63. The molecular weight excluding hydrogens is 286 g/mol. The molecule has 4 rings (SSSR count). The van der Waals surface area contributed by atoms with Crippen LogP contribution in [0.5, 0.6) is 11.5 Å². The van der Waals surface area contributed by atoms with Gasteiger partial charge in [-0.2, -0.15) is 0 Å². The molecule has 0 aliphatic carbocycles. The van der Waals surface area contributed by atoms with E-state index in [0.29, 0.717) is 5.75 Å². The normalized spacial score (nSPS) is 18.4. The minimum Gasteiger partial charge on any atom is -0.454 e. The Hall–Kier alpha value is -2.14. The molecule has 0 aromatic heterocycles. The number of rotatable bonds is 2. The van der Waals surface area contributed by atoms with Gasteiger partial charge in [0.25, 0.3) is 0 Å². The molecule has 21 heavy (non-hydrogen) atoms. The fraction of sp³-hybridized carbons (Fsp3) is 0.188. The van der Waals surface area contributed by atoms with Crippen molar-refractivity contribution in [2.75, 3.05) is 12.1 Å². The number of amides is 1. The van der Waals surface area contributed by atoms with Gasteiger partial charge in [0, 0.05) is 16.6 Å². The average Bonchev–Trinajstić information content (AvgIpc) is 3.13. The molecular formula is C16H13NO3S. The summed E-state index contributed by atoms with van der Waals surface area (Å²) in [5, 5.41) is 2.88. The van der Waals surface area contributed by atoms with Gasteiger partial charge in [0.05, 0.1) is 5.25 Å². The van der Waals surface area contributed by atoms with Crippen LogP contribution in [0.15, 0.2) is 47.4 Å². The Morgan fingerprint density at radius 3 is 2.90 bits per heavy atom. The number of nitrogens with one attached hydrogen (secondary N) is 1. The lowest BCUT2D eigenvalue weighted by atomic mass is 10.1. The fourth-order valence-electron chi connectivity index (χ4n) is 2.53. The standard InChI is InChI=1S/C16H13NO3S/c18-16(15-7-10-3-1-2-4-14(10)21-15)17-11-5-6-12-13(8-11)20-9-19-12/h1-6,8,15H,7,9H2,(H,17,18)/t15-/m0/s1. The van der Waals surface area contributed by atoms with E-state index >= 15 is 0 Å². The number of ether oxygens (including phenoxy) is 2. The molecule has 1 atom stereocenters. The topological polar surface area (TPSA) is 47.6 Å². The number of hydrogen-bond acceptors (Lipinski definition) is 4. The van der Waals surface area contributed by atoms with Crippen LogP contribution in [-0.2, 0) is 11.2 Å². The molecule has 0 fully saturated rings. The number of anilines is 1. The quantitative estimate of drug-likeness (QED) is 0.926. The zero-order chi connectivity index (χ0) is 14.2. The maximum Gasteiger partial charge on any atom is 0.238 e. The predicted molar refractivity (Wildman–Crippen MR) is 81.0 cm³/mol. The van der Waals surface area contributed by atoms with Crippen LogP contribution in [0.25, 0.3) is 0 Å². The number of benzene rings is 2. The summed E-state index contributed by atoms with van der Waals surface area (Å²) in [6, 6.07) is 13.6. The highest BCUT2D eigenvalue weighted by atomic mass is 32.2. The number of hydrogen-bond donors (Lipinski definition) is 1. The molecule has 2 aliphatic heterocycles. The van der Waals surface area contributed by atoms with Crippen LogP contribution in [0.4, 0.5) is 5.69 Å². The largest absolute Gasteiger partial charge is 0.454 e. The molecule has 2 aliphatic rings. The predicted octanol–water partition coefficient (Wildman–Crippen LogP) is 3.07. The third-order valence-corrected chi connectivity index (χ3v) is 4.90. The maximum absolute atomic E-state index is 12.4. The van der Waals surface area contributed by atoms with Crippen LogP contribution in [0, 0.1) is 0 Å². The van der Waals surface area contributed by atoms with Crippen LogP contribution < -0.4 is 14.8 Å². The monoisotopic (exact) mass is 299 g/mol. The molecule has 0 radical (unpaired) electrons. The SMILES string of the molecule is O=C(Nc1ccc2c(c1)OCO2)[C@@H]1Cc2ccccc2S1. The highest BCUT2D eigenvalue weighted by Gasteiger charge is 2.28. The molecule has 0 bridgehead atoms. The highest BCUT2D eigenvalue weighted by Crippen LogP contribution is 2.38. The van der Waals surface area contributed by atoms with Gasteiger partial charge in [-0.3, -0.25) is 4.79 Å². The van der Waals surface area contributed by atoms with Crippen LogP contribution in [-0.4, -0.2) is 18.0 Å². The van der Waals surface area contributed by atoms with Crippen molar-refractivity contribution in [2.24, 2.45) is 0 Å². The molecule has 2 aromatic rings. The molecule has 2 aromatic carbocycles. The van der Waals surface area contributed by atoms with Gasteiger partial charge in [-0.25, -0.2) is 0 Å². The van der Waals surface area contributed by atoms with E-state index in [9.17, 15) is 4.79 Å². The maximum atomic E-state index is 12.4.